The van der Waals surface area contributed by atoms with Crippen LogP contribution < -0.4 is 9.47 Å². The zero-order chi connectivity index (χ0) is 47.1. The normalized spacial score (nSPS) is 10.4. The highest BCUT2D eigenvalue weighted by Gasteiger charge is 2.09. The Hall–Kier alpha value is -5.65. The molecule has 0 spiro atoms. The number of hydrogen-bond acceptors (Lipinski definition) is 2. The molecule has 0 aliphatic rings. The van der Waals surface area contributed by atoms with Crippen LogP contribution in [0.4, 0.5) is 26.3 Å². The van der Waals surface area contributed by atoms with E-state index in [4.69, 9.17) is 15.9 Å². The van der Waals surface area contributed by atoms with E-state index >= 15 is 0 Å². The van der Waals surface area contributed by atoms with Gasteiger partial charge in [-0.05, 0) is 168 Å². The summed E-state index contributed by atoms with van der Waals surface area (Å²) < 4.78 is 93.1. The Labute approximate surface area is 395 Å². The maximum absolute atomic E-state index is 14.5. The minimum absolute atomic E-state index is 0.135. The number of rotatable bonds is 16. The molecule has 0 atom stereocenters. The van der Waals surface area contributed by atoms with Gasteiger partial charge in [-0.1, -0.05) is 107 Å². The van der Waals surface area contributed by atoms with Crippen LogP contribution >= 0.6 is 22.6 Å². The molecule has 0 aliphatic carbocycles. The summed E-state index contributed by atoms with van der Waals surface area (Å²) in [7, 11) is 0. The lowest BCUT2D eigenvalue weighted by Crippen LogP contribution is -1.98. The summed E-state index contributed by atoms with van der Waals surface area (Å²) in [5, 5.41) is 0. The highest BCUT2D eigenvalue weighted by Crippen LogP contribution is 2.26. The fourth-order valence-corrected chi connectivity index (χ4v) is 6.79. The molecule has 6 aromatic rings. The van der Waals surface area contributed by atoms with Crippen LogP contribution in [0.25, 0.3) is 22.3 Å². The molecule has 0 bridgehead atoms. The Morgan fingerprint density at radius 3 is 1.26 bits per heavy atom. The third-order valence-corrected chi connectivity index (χ3v) is 11.5. The maximum Gasteiger partial charge on any atom is 0.159 e. The van der Waals surface area contributed by atoms with Gasteiger partial charge in [0.05, 0.1) is 24.3 Å². The van der Waals surface area contributed by atoms with E-state index in [2.05, 4.69) is 79.3 Å². The van der Waals surface area contributed by atoms with E-state index in [1.165, 1.54) is 97.3 Å². The first-order valence-electron chi connectivity index (χ1n) is 21.9. The predicted octanol–water partition coefficient (Wildman–Crippen LogP) is 16.5. The molecular weight excluding hydrogens is 946 g/mol. The first kappa shape index (κ1) is 52.0. The van der Waals surface area contributed by atoms with Crippen LogP contribution in [0.2, 0.25) is 0 Å². The lowest BCUT2D eigenvalue weighted by atomic mass is 10.0. The van der Waals surface area contributed by atoms with Crippen molar-refractivity contribution < 1.29 is 35.8 Å². The largest absolute Gasteiger partial charge is 0.494 e. The highest BCUT2D eigenvalue weighted by molar-refractivity contribution is 14.1. The number of unbranched alkanes of at least 4 members (excludes halogenated alkanes) is 8. The SMILES string of the molecule is C#Cc1ccc(-c2ccc(F)c(F)c2)cc1F.CCCCCCCOc1ccc(C#Cc2ccc(-c3ccc(F)c(F)c3)cc2F)c(C)c1.CCCCCCCOc1ccc(I)c(C)c1. The summed E-state index contributed by atoms with van der Waals surface area (Å²) in [6, 6.07) is 27.5. The fraction of sp³-hybridized carbons (Fsp3) is 0.286. The number of halogens is 7. The van der Waals surface area contributed by atoms with E-state index < -0.39 is 34.9 Å². The van der Waals surface area contributed by atoms with Gasteiger partial charge >= 0.3 is 0 Å². The Balaban J connectivity index is 0.000000236. The van der Waals surface area contributed by atoms with Gasteiger partial charge in [0.15, 0.2) is 23.3 Å². The molecule has 0 saturated heterocycles. The monoisotopic (exact) mass is 1000 g/mol. The van der Waals surface area contributed by atoms with Crippen LogP contribution in [0.3, 0.4) is 0 Å². The Morgan fingerprint density at radius 1 is 0.431 bits per heavy atom. The van der Waals surface area contributed by atoms with E-state index in [1.807, 2.05) is 25.1 Å². The van der Waals surface area contributed by atoms with E-state index in [-0.39, 0.29) is 11.1 Å². The van der Waals surface area contributed by atoms with Crippen molar-refractivity contribution >= 4 is 22.6 Å². The minimum Gasteiger partial charge on any atom is -0.494 e. The van der Waals surface area contributed by atoms with Crippen LogP contribution in [0.15, 0.2) is 109 Å². The Kier molecular flexibility index (Phi) is 22.1. The average Bonchev–Trinajstić information content (AvgIpc) is 3.29. The molecule has 65 heavy (non-hydrogen) atoms. The zero-order valence-corrected chi connectivity index (χ0v) is 39.6. The van der Waals surface area contributed by atoms with Gasteiger partial charge in [0.2, 0.25) is 0 Å². The highest BCUT2D eigenvalue weighted by atomic mass is 127. The molecule has 0 radical (unpaired) electrons. The number of benzene rings is 6. The minimum atomic E-state index is -0.969. The Bertz CT molecular complexity index is 2570. The molecule has 2 nitrogen and oxygen atoms in total. The summed E-state index contributed by atoms with van der Waals surface area (Å²) in [6.45, 7) is 10.1. The van der Waals surface area contributed by atoms with Gasteiger partial charge in [-0.3, -0.25) is 0 Å². The molecule has 0 aliphatic heterocycles. The van der Waals surface area contributed by atoms with Crippen molar-refractivity contribution in [1.82, 2.24) is 0 Å². The molecule has 6 aromatic carbocycles. The van der Waals surface area contributed by atoms with Crippen molar-refractivity contribution in [3.8, 4) is 57.9 Å². The average molecular weight is 1000 g/mol. The first-order chi connectivity index (χ1) is 31.3. The number of aryl methyl sites for hydroxylation is 2. The molecule has 0 aromatic heterocycles. The standard InChI is InChI=1S/C28H27F3O.C14H7F3.C14H21IO/c1-3-4-5-6-7-16-32-25-14-12-21(20(2)17-25)8-9-22-10-11-23(18-27(22)30)24-13-15-26(29)28(31)19-24;1-2-9-3-4-10(7-13(9)16)11-5-6-12(15)14(17)8-11;1-3-4-5-6-7-10-16-13-8-9-14(15)12(2)11-13/h10-15,17-19H,3-7,16H2,1-2H3;1,3-8H;8-9,11H,3-7,10H2,1-2H3. The molecule has 6 rings (SSSR count). The van der Waals surface area contributed by atoms with Gasteiger partial charge in [0, 0.05) is 9.13 Å². The molecule has 0 unspecified atom stereocenters. The summed E-state index contributed by atoms with van der Waals surface area (Å²) in [5.74, 6) is 4.99. The Morgan fingerprint density at radius 2 is 0.831 bits per heavy atom. The van der Waals surface area contributed by atoms with Gasteiger partial charge < -0.3 is 9.47 Å². The van der Waals surface area contributed by atoms with E-state index in [0.29, 0.717) is 28.9 Å². The van der Waals surface area contributed by atoms with Crippen molar-refractivity contribution in [1.29, 1.82) is 0 Å². The molecule has 9 heteroatoms. The summed E-state index contributed by atoms with van der Waals surface area (Å²) in [5.41, 5.74) is 5.12. The molecule has 340 valence electrons. The maximum atomic E-state index is 14.5. The lowest BCUT2D eigenvalue weighted by Gasteiger charge is -2.08. The molecule has 0 amide bonds. The quantitative estimate of drug-likeness (QED) is 0.0416. The molecular formula is C56H55F6IO2. The van der Waals surface area contributed by atoms with Gasteiger partial charge in [0.25, 0.3) is 0 Å². The molecule has 0 fully saturated rings. The van der Waals surface area contributed by atoms with Crippen LogP contribution in [0.1, 0.15) is 106 Å². The molecule has 0 N–H and O–H groups in total. The third kappa shape index (κ3) is 17.3. The third-order valence-electron chi connectivity index (χ3n) is 10.3. The topological polar surface area (TPSA) is 18.5 Å². The second-order valence-corrected chi connectivity index (χ2v) is 16.6. The number of hydrogen-bond donors (Lipinski definition) is 0. The molecule has 0 heterocycles. The van der Waals surface area contributed by atoms with Crippen LogP contribution in [0.5, 0.6) is 11.5 Å². The van der Waals surface area contributed by atoms with Gasteiger partial charge in [-0.15, -0.1) is 6.42 Å². The summed E-state index contributed by atoms with van der Waals surface area (Å²) in [6.07, 6.45) is 17.5. The van der Waals surface area contributed by atoms with Crippen molar-refractivity contribution in [3.63, 3.8) is 0 Å². The van der Waals surface area contributed by atoms with Crippen molar-refractivity contribution in [3.05, 3.63) is 175 Å². The van der Waals surface area contributed by atoms with Crippen molar-refractivity contribution in [2.24, 2.45) is 0 Å². The second kappa shape index (κ2) is 27.6. The van der Waals surface area contributed by atoms with E-state index in [9.17, 15) is 26.3 Å². The zero-order valence-electron chi connectivity index (χ0n) is 37.4. The fourth-order valence-electron chi connectivity index (χ4n) is 6.46. The predicted molar refractivity (Wildman–Crippen MR) is 261 cm³/mol. The number of terminal acetylenes is 1. The summed E-state index contributed by atoms with van der Waals surface area (Å²) in [4.78, 5) is 0. The van der Waals surface area contributed by atoms with Crippen LogP contribution in [-0.4, -0.2) is 13.2 Å². The van der Waals surface area contributed by atoms with E-state index in [1.54, 1.807) is 18.2 Å². The first-order valence-corrected chi connectivity index (χ1v) is 23.0. The number of ether oxygens (including phenoxy) is 2. The van der Waals surface area contributed by atoms with Crippen LogP contribution in [-0.2, 0) is 0 Å². The van der Waals surface area contributed by atoms with E-state index in [0.717, 1.165) is 59.9 Å². The van der Waals surface area contributed by atoms with Gasteiger partial charge in [0.1, 0.15) is 23.1 Å². The van der Waals surface area contributed by atoms with Crippen molar-refractivity contribution in [2.75, 3.05) is 13.2 Å². The van der Waals surface area contributed by atoms with Crippen molar-refractivity contribution in [2.45, 2.75) is 91.9 Å². The smallest absolute Gasteiger partial charge is 0.159 e. The molecule has 0 saturated carbocycles. The van der Waals surface area contributed by atoms with Gasteiger partial charge in [-0.25, -0.2) is 26.3 Å². The summed E-state index contributed by atoms with van der Waals surface area (Å²) >= 11 is 2.35. The lowest BCUT2D eigenvalue weighted by molar-refractivity contribution is 0.304. The van der Waals surface area contributed by atoms with Crippen LogP contribution in [0, 0.1) is 76.5 Å². The van der Waals surface area contributed by atoms with Gasteiger partial charge in [-0.2, -0.15) is 0 Å². The second-order valence-electron chi connectivity index (χ2n) is 15.5.